The third kappa shape index (κ3) is 6.98. The van der Waals surface area contributed by atoms with Crippen molar-refractivity contribution in [3.63, 3.8) is 0 Å². The summed E-state index contributed by atoms with van der Waals surface area (Å²) in [4.78, 5) is 25.7. The number of likely N-dealkylation sites (tertiary alicyclic amines) is 1. The van der Waals surface area contributed by atoms with Gasteiger partial charge in [0.05, 0.1) is 22.8 Å². The fourth-order valence-electron chi connectivity index (χ4n) is 4.62. The molecule has 2 aliphatic heterocycles. The second-order valence-corrected chi connectivity index (χ2v) is 10.1. The monoisotopic (exact) mass is 545 g/mol. The normalized spacial score (nSPS) is 19.2. The zero-order valence-electron chi connectivity index (χ0n) is 20.4. The molecule has 4 heterocycles. The quantitative estimate of drug-likeness (QED) is 0.416. The number of halogens is 2. The van der Waals surface area contributed by atoms with Crippen molar-refractivity contribution in [2.24, 2.45) is 0 Å². The third-order valence-corrected chi connectivity index (χ3v) is 7.34. The van der Waals surface area contributed by atoms with E-state index in [0.29, 0.717) is 60.0 Å². The van der Waals surface area contributed by atoms with Crippen LogP contribution < -0.4 is 4.74 Å². The molecule has 2 aliphatic rings. The van der Waals surface area contributed by atoms with Crippen molar-refractivity contribution in [3.05, 3.63) is 58.5 Å². The molecule has 0 N–H and O–H groups in total. The van der Waals surface area contributed by atoms with Gasteiger partial charge >= 0.3 is 0 Å². The number of rotatable bonds is 8. The lowest BCUT2D eigenvalue weighted by Crippen LogP contribution is -2.51. The van der Waals surface area contributed by atoms with E-state index in [1.165, 1.54) is 0 Å². The maximum atomic E-state index is 12.9. The molecular formula is C26H29Cl2N5O4. The van der Waals surface area contributed by atoms with E-state index in [4.69, 9.17) is 37.2 Å². The Morgan fingerprint density at radius 3 is 2.76 bits per heavy atom. The number of aromatic nitrogens is 3. The minimum absolute atomic E-state index is 0.00981. The Bertz CT molecular complexity index is 1190. The number of morpholine rings is 1. The van der Waals surface area contributed by atoms with Crippen molar-refractivity contribution in [2.45, 2.75) is 37.9 Å². The highest BCUT2D eigenvalue weighted by atomic mass is 35.5. The van der Waals surface area contributed by atoms with Crippen molar-refractivity contribution in [3.8, 4) is 17.3 Å². The van der Waals surface area contributed by atoms with Gasteiger partial charge in [0.15, 0.2) is 0 Å². The molecule has 2 aromatic heterocycles. The lowest BCUT2D eigenvalue weighted by molar-refractivity contribution is -0.139. The van der Waals surface area contributed by atoms with Crippen LogP contribution in [-0.2, 0) is 16.0 Å². The van der Waals surface area contributed by atoms with Gasteiger partial charge < -0.3 is 23.8 Å². The molecule has 3 aromatic rings. The number of ether oxygens (including phenoxy) is 2. The average molecular weight is 546 g/mol. The lowest BCUT2D eigenvalue weighted by Gasteiger charge is -2.38. The number of benzene rings is 1. The van der Waals surface area contributed by atoms with Crippen LogP contribution in [0.25, 0.3) is 11.5 Å². The van der Waals surface area contributed by atoms with Gasteiger partial charge in [-0.2, -0.15) is 4.98 Å². The predicted molar refractivity (Wildman–Crippen MR) is 139 cm³/mol. The van der Waals surface area contributed by atoms with Gasteiger partial charge in [-0.3, -0.25) is 9.78 Å². The second kappa shape index (κ2) is 12.2. The Morgan fingerprint density at radius 2 is 1.97 bits per heavy atom. The molecule has 2 saturated heterocycles. The van der Waals surface area contributed by atoms with Gasteiger partial charge in [-0.1, -0.05) is 34.4 Å². The molecule has 37 heavy (non-hydrogen) atoms. The van der Waals surface area contributed by atoms with E-state index in [1.54, 1.807) is 18.3 Å². The highest BCUT2D eigenvalue weighted by molar-refractivity contribution is 6.42. The van der Waals surface area contributed by atoms with Crippen molar-refractivity contribution in [1.29, 1.82) is 0 Å². The molecule has 0 bridgehead atoms. The smallest absolute Gasteiger partial charge is 0.227 e. The third-order valence-electron chi connectivity index (χ3n) is 6.60. The minimum atomic E-state index is -0.00981. The molecule has 11 heteroatoms. The number of carbonyl (C=O) groups is 1. The van der Waals surface area contributed by atoms with Gasteiger partial charge in [-0.05, 0) is 37.1 Å². The van der Waals surface area contributed by atoms with Gasteiger partial charge in [-0.25, -0.2) is 0 Å². The molecule has 1 atom stereocenters. The van der Waals surface area contributed by atoms with Gasteiger partial charge in [0.2, 0.25) is 17.6 Å². The highest BCUT2D eigenvalue weighted by Gasteiger charge is 2.28. The molecule has 1 amide bonds. The summed E-state index contributed by atoms with van der Waals surface area (Å²) >= 11 is 12.1. The first-order chi connectivity index (χ1) is 18.0. The number of pyridine rings is 1. The summed E-state index contributed by atoms with van der Waals surface area (Å²) in [6.45, 7) is 4.34. The summed E-state index contributed by atoms with van der Waals surface area (Å²) in [7, 11) is 0. The zero-order valence-corrected chi connectivity index (χ0v) is 21.9. The lowest BCUT2D eigenvalue weighted by atomic mass is 10.1. The van der Waals surface area contributed by atoms with E-state index >= 15 is 0 Å². The van der Waals surface area contributed by atoms with E-state index in [2.05, 4.69) is 20.0 Å². The summed E-state index contributed by atoms with van der Waals surface area (Å²) in [5.41, 5.74) is 0.643. The van der Waals surface area contributed by atoms with Crippen LogP contribution in [0.2, 0.25) is 10.0 Å². The SMILES string of the molecule is O=C(CCc1nc(-c2ccccn2)no1)N1CCOC(CN2CCC(Oc3ccc(Cl)c(Cl)c3)CC2)C1. The van der Waals surface area contributed by atoms with Crippen LogP contribution in [-0.4, -0.2) is 82.4 Å². The van der Waals surface area contributed by atoms with E-state index in [1.807, 2.05) is 29.2 Å². The molecule has 0 saturated carbocycles. The maximum absolute atomic E-state index is 12.9. The Labute approximate surface area is 225 Å². The summed E-state index contributed by atoms with van der Waals surface area (Å²) < 4.78 is 17.4. The van der Waals surface area contributed by atoms with Gasteiger partial charge in [0.25, 0.3) is 0 Å². The van der Waals surface area contributed by atoms with E-state index < -0.39 is 0 Å². The molecule has 1 unspecified atom stereocenters. The molecule has 0 spiro atoms. The fourth-order valence-corrected chi connectivity index (χ4v) is 4.91. The molecular weight excluding hydrogens is 517 g/mol. The maximum Gasteiger partial charge on any atom is 0.227 e. The van der Waals surface area contributed by atoms with E-state index in [9.17, 15) is 4.79 Å². The van der Waals surface area contributed by atoms with E-state index in [-0.39, 0.29) is 18.1 Å². The number of hydrogen-bond donors (Lipinski definition) is 0. The highest BCUT2D eigenvalue weighted by Crippen LogP contribution is 2.28. The van der Waals surface area contributed by atoms with Gasteiger partial charge in [-0.15, -0.1) is 0 Å². The molecule has 5 rings (SSSR count). The zero-order chi connectivity index (χ0) is 25.6. The van der Waals surface area contributed by atoms with Crippen LogP contribution in [0.5, 0.6) is 5.75 Å². The predicted octanol–water partition coefficient (Wildman–Crippen LogP) is 4.14. The fraction of sp³-hybridized carbons (Fsp3) is 0.462. The van der Waals surface area contributed by atoms with Crippen molar-refractivity contribution >= 4 is 29.1 Å². The van der Waals surface area contributed by atoms with Crippen LogP contribution in [0.15, 0.2) is 47.1 Å². The average Bonchev–Trinajstić information content (AvgIpc) is 3.40. The number of aryl methyl sites for hydroxylation is 1. The van der Waals surface area contributed by atoms with Crippen LogP contribution in [0.1, 0.15) is 25.2 Å². The summed E-state index contributed by atoms with van der Waals surface area (Å²) in [6.07, 6.45) is 4.35. The molecule has 0 aliphatic carbocycles. The number of hydrogen-bond acceptors (Lipinski definition) is 8. The molecule has 2 fully saturated rings. The Morgan fingerprint density at radius 1 is 1.11 bits per heavy atom. The second-order valence-electron chi connectivity index (χ2n) is 9.25. The summed E-state index contributed by atoms with van der Waals surface area (Å²) in [5, 5.41) is 4.99. The Balaban J connectivity index is 1.04. The van der Waals surface area contributed by atoms with Crippen molar-refractivity contribution in [2.75, 3.05) is 39.3 Å². The Kier molecular flexibility index (Phi) is 8.55. The van der Waals surface area contributed by atoms with Crippen LogP contribution >= 0.6 is 23.2 Å². The number of nitrogens with zero attached hydrogens (tertiary/aromatic N) is 5. The molecule has 1 aromatic carbocycles. The number of carbonyl (C=O) groups excluding carboxylic acids is 1. The van der Waals surface area contributed by atoms with Crippen LogP contribution in [0.4, 0.5) is 0 Å². The van der Waals surface area contributed by atoms with Gasteiger partial charge in [0.1, 0.15) is 17.5 Å². The first-order valence-electron chi connectivity index (χ1n) is 12.5. The summed E-state index contributed by atoms with van der Waals surface area (Å²) in [6, 6.07) is 10.9. The number of amides is 1. The first kappa shape index (κ1) is 25.9. The van der Waals surface area contributed by atoms with Gasteiger partial charge in [0, 0.05) is 57.8 Å². The molecule has 9 nitrogen and oxygen atoms in total. The standard InChI is InChI=1S/C26H29Cl2N5O4/c27-21-5-4-19(15-22(21)28)36-18-8-11-32(12-9-18)16-20-17-33(13-14-35-20)25(34)7-6-24-30-26(31-37-24)23-3-1-2-10-29-23/h1-5,10,15,18,20H,6-9,11-14,16-17H2. The van der Waals surface area contributed by atoms with Crippen molar-refractivity contribution < 1.29 is 18.8 Å². The first-order valence-corrected chi connectivity index (χ1v) is 13.3. The molecule has 196 valence electrons. The number of piperidine rings is 1. The topological polar surface area (TPSA) is 93.8 Å². The summed E-state index contributed by atoms with van der Waals surface area (Å²) in [5.74, 6) is 1.68. The van der Waals surface area contributed by atoms with Crippen LogP contribution in [0, 0.1) is 0 Å². The Hall–Kier alpha value is -2.72. The van der Waals surface area contributed by atoms with Crippen LogP contribution in [0.3, 0.4) is 0 Å². The molecule has 0 radical (unpaired) electrons. The minimum Gasteiger partial charge on any atom is -0.490 e. The largest absolute Gasteiger partial charge is 0.490 e. The van der Waals surface area contributed by atoms with E-state index in [0.717, 1.165) is 38.2 Å². The van der Waals surface area contributed by atoms with Crippen molar-refractivity contribution in [1.82, 2.24) is 24.9 Å².